The van der Waals surface area contributed by atoms with Crippen molar-refractivity contribution in [2.24, 2.45) is 16.1 Å². The molecule has 0 bridgehead atoms. The van der Waals surface area contributed by atoms with Gasteiger partial charge in [0.15, 0.2) is 11.2 Å². The molecule has 1 aliphatic carbocycles. The molecule has 4 rings (SSSR count). The Morgan fingerprint density at radius 3 is 2.59 bits per heavy atom. The summed E-state index contributed by atoms with van der Waals surface area (Å²) in [6, 6.07) is 16.7. The van der Waals surface area contributed by atoms with Gasteiger partial charge in [0.25, 0.3) is 0 Å². The lowest BCUT2D eigenvalue weighted by molar-refractivity contribution is -0.135. The maximum atomic E-state index is 12.9. The second-order valence-electron chi connectivity index (χ2n) is 6.66. The van der Waals surface area contributed by atoms with Gasteiger partial charge in [0.05, 0.1) is 6.04 Å². The molecule has 0 fully saturated rings. The van der Waals surface area contributed by atoms with E-state index in [-0.39, 0.29) is 5.78 Å². The topological polar surface area (TPSA) is 84.6 Å². The summed E-state index contributed by atoms with van der Waals surface area (Å²) in [7, 11) is 0. The van der Waals surface area contributed by atoms with Crippen molar-refractivity contribution in [2.45, 2.75) is 6.04 Å². The molecule has 1 amide bonds. The number of carbonyl (C=O) groups excluding carboxylic acids is 2. The average molecular weight is 357 g/mol. The highest BCUT2D eigenvalue weighted by Crippen LogP contribution is 2.37. The van der Waals surface area contributed by atoms with Gasteiger partial charge in [0.2, 0.25) is 5.91 Å². The standard InChI is InChI=1S/C22H19N3O2/c23-21(27)22(19-14-24-18-9-5-4-8-17(18)13-25-19)12-16(10-11-20(22)26)15-6-2-1-3-7-15/h1-13,19,24H,14H2,(H2,23,27). The molecule has 0 saturated carbocycles. The van der Waals surface area contributed by atoms with Gasteiger partial charge in [-0.1, -0.05) is 60.7 Å². The molecule has 2 aromatic rings. The molecule has 2 aliphatic rings. The molecule has 2 aromatic carbocycles. The summed E-state index contributed by atoms with van der Waals surface area (Å²) in [5.74, 6) is -1.04. The summed E-state index contributed by atoms with van der Waals surface area (Å²) in [6.07, 6.45) is 6.53. The van der Waals surface area contributed by atoms with Crippen LogP contribution in [0.4, 0.5) is 5.69 Å². The number of primary amides is 1. The molecule has 0 aromatic heterocycles. The summed E-state index contributed by atoms with van der Waals surface area (Å²) in [5.41, 5.74) is 7.78. The van der Waals surface area contributed by atoms with E-state index in [1.54, 1.807) is 18.4 Å². The van der Waals surface area contributed by atoms with Crippen molar-refractivity contribution in [1.82, 2.24) is 0 Å². The number of anilines is 1. The highest BCUT2D eigenvalue weighted by Gasteiger charge is 2.49. The van der Waals surface area contributed by atoms with Gasteiger partial charge in [-0.2, -0.15) is 0 Å². The summed E-state index contributed by atoms with van der Waals surface area (Å²) < 4.78 is 0. The van der Waals surface area contributed by atoms with E-state index in [1.807, 2.05) is 54.6 Å². The van der Waals surface area contributed by atoms with Gasteiger partial charge in [-0.05, 0) is 23.3 Å². The summed E-state index contributed by atoms with van der Waals surface area (Å²) in [4.78, 5) is 30.0. The number of benzene rings is 2. The van der Waals surface area contributed by atoms with Gasteiger partial charge >= 0.3 is 0 Å². The second kappa shape index (κ2) is 6.68. The fourth-order valence-corrected chi connectivity index (χ4v) is 3.57. The molecule has 5 nitrogen and oxygen atoms in total. The van der Waals surface area contributed by atoms with E-state index in [0.717, 1.165) is 22.4 Å². The van der Waals surface area contributed by atoms with E-state index in [2.05, 4.69) is 10.3 Å². The van der Waals surface area contributed by atoms with Crippen LogP contribution in [-0.2, 0) is 9.59 Å². The molecular weight excluding hydrogens is 338 g/mol. The van der Waals surface area contributed by atoms with Crippen molar-refractivity contribution in [3.63, 3.8) is 0 Å². The predicted octanol–water partition coefficient (Wildman–Crippen LogP) is 2.59. The molecule has 27 heavy (non-hydrogen) atoms. The smallest absolute Gasteiger partial charge is 0.237 e. The molecule has 0 saturated heterocycles. The quantitative estimate of drug-likeness (QED) is 0.828. The van der Waals surface area contributed by atoms with E-state index < -0.39 is 17.4 Å². The zero-order valence-corrected chi connectivity index (χ0v) is 14.6. The van der Waals surface area contributed by atoms with Crippen LogP contribution in [0.1, 0.15) is 11.1 Å². The number of carbonyl (C=O) groups is 2. The van der Waals surface area contributed by atoms with Crippen molar-refractivity contribution in [1.29, 1.82) is 0 Å². The zero-order valence-electron chi connectivity index (χ0n) is 14.6. The van der Waals surface area contributed by atoms with Crippen LogP contribution >= 0.6 is 0 Å². The van der Waals surface area contributed by atoms with Gasteiger partial charge < -0.3 is 11.1 Å². The van der Waals surface area contributed by atoms with Crippen LogP contribution in [0.5, 0.6) is 0 Å². The molecule has 1 heterocycles. The highest BCUT2D eigenvalue weighted by molar-refractivity contribution is 6.17. The van der Waals surface area contributed by atoms with Crippen molar-refractivity contribution < 1.29 is 9.59 Å². The van der Waals surface area contributed by atoms with Gasteiger partial charge in [-0.25, -0.2) is 0 Å². The number of aliphatic imine (C=N–C) groups is 1. The minimum atomic E-state index is -1.52. The van der Waals surface area contributed by atoms with E-state index in [0.29, 0.717) is 6.54 Å². The zero-order chi connectivity index (χ0) is 18.9. The minimum Gasteiger partial charge on any atom is -0.382 e. The predicted molar refractivity (Wildman–Crippen MR) is 107 cm³/mol. The Labute approximate surface area is 157 Å². The lowest BCUT2D eigenvalue weighted by Crippen LogP contribution is -2.52. The lowest BCUT2D eigenvalue weighted by atomic mass is 9.71. The van der Waals surface area contributed by atoms with E-state index in [1.165, 1.54) is 6.08 Å². The first-order valence-electron chi connectivity index (χ1n) is 8.78. The summed E-state index contributed by atoms with van der Waals surface area (Å²) in [5, 5.41) is 3.29. The molecule has 134 valence electrons. The Morgan fingerprint density at radius 2 is 1.81 bits per heavy atom. The third-order valence-electron chi connectivity index (χ3n) is 5.09. The average Bonchev–Trinajstić information content (AvgIpc) is 2.92. The fraction of sp³-hybridized carbons (Fsp3) is 0.136. The molecule has 2 unspecified atom stereocenters. The van der Waals surface area contributed by atoms with Crippen molar-refractivity contribution >= 4 is 29.2 Å². The van der Waals surface area contributed by atoms with Crippen LogP contribution < -0.4 is 11.1 Å². The number of nitrogens with one attached hydrogen (secondary N) is 1. The Hall–Kier alpha value is -3.47. The number of nitrogens with two attached hydrogens (primary N) is 1. The number of benzodiazepines with no additional fused rings is 1. The number of nitrogens with zero attached hydrogens (tertiary/aromatic N) is 1. The van der Waals surface area contributed by atoms with E-state index >= 15 is 0 Å². The number of amides is 1. The molecular formula is C22H19N3O2. The molecule has 5 heteroatoms. The first kappa shape index (κ1) is 17.0. The van der Waals surface area contributed by atoms with E-state index in [4.69, 9.17) is 5.73 Å². The maximum absolute atomic E-state index is 12.9. The summed E-state index contributed by atoms with van der Waals surface area (Å²) in [6.45, 7) is 0.328. The number of hydrogen-bond donors (Lipinski definition) is 2. The third kappa shape index (κ3) is 2.87. The van der Waals surface area contributed by atoms with Crippen LogP contribution in [0, 0.1) is 5.41 Å². The number of hydrogen-bond acceptors (Lipinski definition) is 4. The molecule has 0 radical (unpaired) electrons. The van der Waals surface area contributed by atoms with Crippen LogP contribution in [0.25, 0.3) is 5.57 Å². The maximum Gasteiger partial charge on any atom is 0.237 e. The summed E-state index contributed by atoms with van der Waals surface area (Å²) >= 11 is 0. The number of fused-ring (bicyclic) bond motifs is 1. The molecule has 1 aliphatic heterocycles. The first-order valence-corrected chi connectivity index (χ1v) is 8.78. The van der Waals surface area contributed by atoms with E-state index in [9.17, 15) is 9.59 Å². The van der Waals surface area contributed by atoms with Crippen LogP contribution in [0.3, 0.4) is 0 Å². The Balaban J connectivity index is 1.79. The van der Waals surface area contributed by atoms with Gasteiger partial charge in [-0.15, -0.1) is 0 Å². The minimum absolute atomic E-state index is 0.328. The highest BCUT2D eigenvalue weighted by atomic mass is 16.2. The Kier molecular flexibility index (Phi) is 4.20. The molecule has 3 N–H and O–H groups in total. The largest absolute Gasteiger partial charge is 0.382 e. The molecule has 0 spiro atoms. The van der Waals surface area contributed by atoms with Gasteiger partial charge in [0.1, 0.15) is 0 Å². The second-order valence-corrected chi connectivity index (χ2v) is 6.66. The number of rotatable bonds is 3. The SMILES string of the molecule is NC(=O)C1(C2CNc3ccccc3C=N2)C=C(c2ccccc2)C=CC1=O. The van der Waals surface area contributed by atoms with Crippen molar-refractivity contribution in [2.75, 3.05) is 11.9 Å². The first-order chi connectivity index (χ1) is 13.1. The van der Waals surface area contributed by atoms with Crippen LogP contribution in [0.15, 0.2) is 77.8 Å². The van der Waals surface area contributed by atoms with Crippen molar-refractivity contribution in [3.8, 4) is 0 Å². The Bertz CT molecular complexity index is 992. The Morgan fingerprint density at radius 1 is 1.07 bits per heavy atom. The fourth-order valence-electron chi connectivity index (χ4n) is 3.57. The van der Waals surface area contributed by atoms with Gasteiger partial charge in [-0.3, -0.25) is 14.6 Å². The monoisotopic (exact) mass is 357 g/mol. The number of para-hydroxylation sites is 1. The number of ketones is 1. The van der Waals surface area contributed by atoms with Crippen molar-refractivity contribution in [3.05, 3.63) is 84.0 Å². The van der Waals surface area contributed by atoms with Crippen LogP contribution in [0.2, 0.25) is 0 Å². The van der Waals surface area contributed by atoms with Crippen LogP contribution in [-0.4, -0.2) is 30.5 Å². The third-order valence-corrected chi connectivity index (χ3v) is 5.09. The number of allylic oxidation sites excluding steroid dienone is 3. The molecule has 2 atom stereocenters. The normalized spacial score (nSPS) is 23.8. The lowest BCUT2D eigenvalue weighted by Gasteiger charge is -2.33. The van der Waals surface area contributed by atoms with Gasteiger partial charge in [0, 0.05) is 24.0 Å².